The number of rotatable bonds is 8. The van der Waals surface area contributed by atoms with Gasteiger partial charge in [0.25, 0.3) is 0 Å². The number of thioether (sulfide) groups is 1. The van der Waals surface area contributed by atoms with Gasteiger partial charge in [0.15, 0.2) is 5.13 Å². The molecule has 1 fully saturated rings. The van der Waals surface area contributed by atoms with Crippen molar-refractivity contribution in [1.29, 1.82) is 0 Å². The maximum absolute atomic E-state index is 12.5. The number of anilines is 1. The highest BCUT2D eigenvalue weighted by molar-refractivity contribution is 7.99. The van der Waals surface area contributed by atoms with Crippen LogP contribution in [0.25, 0.3) is 10.3 Å². The highest BCUT2D eigenvalue weighted by Crippen LogP contribution is 2.30. The van der Waals surface area contributed by atoms with Crippen molar-refractivity contribution in [2.45, 2.75) is 32.6 Å². The molecule has 3 heterocycles. The molecule has 3 rings (SSSR count). The van der Waals surface area contributed by atoms with E-state index in [1.165, 1.54) is 12.2 Å². The Morgan fingerprint density at radius 1 is 1.48 bits per heavy atom. The summed E-state index contributed by atoms with van der Waals surface area (Å²) >= 11 is 3.58. The molecule has 0 aliphatic carbocycles. The van der Waals surface area contributed by atoms with E-state index < -0.39 is 0 Å². The van der Waals surface area contributed by atoms with Crippen LogP contribution in [0.4, 0.5) is 5.13 Å². The Morgan fingerprint density at radius 3 is 3.24 bits per heavy atom. The monoisotopic (exact) mass is 378 g/mol. The summed E-state index contributed by atoms with van der Waals surface area (Å²) in [5, 5.41) is 4.11. The van der Waals surface area contributed by atoms with Crippen molar-refractivity contribution in [2.75, 3.05) is 36.0 Å². The van der Waals surface area contributed by atoms with Gasteiger partial charge in [0, 0.05) is 25.8 Å². The lowest BCUT2D eigenvalue weighted by Crippen LogP contribution is -2.43. The van der Waals surface area contributed by atoms with Crippen molar-refractivity contribution in [3.63, 3.8) is 0 Å². The molecule has 2 aromatic rings. The van der Waals surface area contributed by atoms with Gasteiger partial charge >= 0.3 is 0 Å². The van der Waals surface area contributed by atoms with Gasteiger partial charge in [0.1, 0.15) is 10.3 Å². The lowest BCUT2D eigenvalue weighted by atomic mass is 9.97. The van der Waals surface area contributed by atoms with E-state index in [2.05, 4.69) is 27.1 Å². The lowest BCUT2D eigenvalue weighted by Gasteiger charge is -2.31. The van der Waals surface area contributed by atoms with Crippen LogP contribution in [0.2, 0.25) is 0 Å². The predicted molar refractivity (Wildman–Crippen MR) is 108 cm³/mol. The van der Waals surface area contributed by atoms with Crippen LogP contribution >= 0.6 is 23.1 Å². The molecule has 7 heteroatoms. The number of hydrogen-bond donors (Lipinski definition) is 1. The molecular formula is C18H26N4OS2. The molecule has 0 unspecified atom stereocenters. The van der Waals surface area contributed by atoms with Gasteiger partial charge in [0.2, 0.25) is 5.91 Å². The van der Waals surface area contributed by atoms with Crippen LogP contribution in [-0.2, 0) is 4.79 Å². The second-order valence-corrected chi connectivity index (χ2v) is 8.55. The first kappa shape index (κ1) is 18.5. The number of aromatic nitrogens is 2. The molecule has 2 aromatic heterocycles. The summed E-state index contributed by atoms with van der Waals surface area (Å²) in [6, 6.07) is 3.91. The van der Waals surface area contributed by atoms with E-state index in [1.807, 2.05) is 23.9 Å². The fourth-order valence-corrected chi connectivity index (χ4v) is 4.82. The molecule has 0 spiro atoms. The minimum atomic E-state index is 0.0667. The van der Waals surface area contributed by atoms with Crippen molar-refractivity contribution >= 4 is 44.5 Å². The topological polar surface area (TPSA) is 58.1 Å². The average Bonchev–Trinajstić information content (AvgIpc) is 3.09. The minimum Gasteiger partial charge on any atom is -0.356 e. The van der Waals surface area contributed by atoms with E-state index in [1.54, 1.807) is 17.5 Å². The standard InChI is InChI=1S/C18H26N4OS2/c1-2-11-24-12-5-9-19-16(23)14-6-4-10-22(13-14)18-21-15-7-3-8-20-17(15)25-18/h3,7-8,14H,2,4-6,9-13H2,1H3,(H,19,23)/t14-/m0/s1. The number of pyridine rings is 1. The van der Waals surface area contributed by atoms with Crippen LogP contribution in [-0.4, -0.2) is 47.0 Å². The molecule has 0 aromatic carbocycles. The summed E-state index contributed by atoms with van der Waals surface area (Å²) in [5.74, 6) is 2.60. The van der Waals surface area contributed by atoms with Crippen molar-refractivity contribution in [2.24, 2.45) is 5.92 Å². The van der Waals surface area contributed by atoms with Crippen molar-refractivity contribution in [3.8, 4) is 0 Å². The maximum atomic E-state index is 12.5. The molecule has 0 radical (unpaired) electrons. The summed E-state index contributed by atoms with van der Waals surface area (Å²) in [6.45, 7) is 4.72. The zero-order valence-electron chi connectivity index (χ0n) is 14.7. The first-order chi connectivity index (χ1) is 12.3. The third-order valence-electron chi connectivity index (χ3n) is 4.33. The fourth-order valence-electron chi connectivity index (χ4n) is 3.04. The first-order valence-corrected chi connectivity index (χ1v) is 11.1. The van der Waals surface area contributed by atoms with Gasteiger partial charge in [-0.2, -0.15) is 11.8 Å². The lowest BCUT2D eigenvalue weighted by molar-refractivity contribution is -0.125. The van der Waals surface area contributed by atoms with E-state index >= 15 is 0 Å². The third kappa shape index (κ3) is 5.07. The van der Waals surface area contributed by atoms with Gasteiger partial charge in [-0.15, -0.1) is 0 Å². The zero-order valence-corrected chi connectivity index (χ0v) is 16.4. The highest BCUT2D eigenvalue weighted by Gasteiger charge is 2.27. The Kier molecular flexibility index (Phi) is 6.93. The summed E-state index contributed by atoms with van der Waals surface area (Å²) in [7, 11) is 0. The molecule has 1 aliphatic heterocycles. The molecule has 5 nitrogen and oxygen atoms in total. The van der Waals surface area contributed by atoms with Crippen LogP contribution < -0.4 is 10.2 Å². The number of fused-ring (bicyclic) bond motifs is 1. The molecule has 1 aliphatic rings. The van der Waals surface area contributed by atoms with Crippen LogP contribution in [0.3, 0.4) is 0 Å². The van der Waals surface area contributed by atoms with Crippen LogP contribution in [0.1, 0.15) is 32.6 Å². The molecular weight excluding hydrogens is 352 g/mol. The number of carbonyl (C=O) groups is 1. The SMILES string of the molecule is CCCSCCCNC(=O)[C@H]1CCCN(c2nc3cccnc3s2)C1. The predicted octanol–water partition coefficient (Wildman–Crippen LogP) is 3.56. The number of thiazole rings is 1. The number of nitrogens with one attached hydrogen (secondary N) is 1. The summed E-state index contributed by atoms with van der Waals surface area (Å²) in [4.78, 5) is 24.7. The fraction of sp³-hybridized carbons (Fsp3) is 0.611. The molecule has 0 saturated carbocycles. The third-order valence-corrected chi connectivity index (χ3v) is 6.65. The van der Waals surface area contributed by atoms with Gasteiger partial charge in [-0.1, -0.05) is 18.3 Å². The second kappa shape index (κ2) is 9.38. The number of nitrogens with zero attached hydrogens (tertiary/aromatic N) is 3. The van der Waals surface area contributed by atoms with Crippen LogP contribution in [0.15, 0.2) is 18.3 Å². The maximum Gasteiger partial charge on any atom is 0.224 e. The molecule has 136 valence electrons. The van der Waals surface area contributed by atoms with Crippen LogP contribution in [0.5, 0.6) is 0 Å². The smallest absolute Gasteiger partial charge is 0.224 e. The number of amides is 1. The highest BCUT2D eigenvalue weighted by atomic mass is 32.2. The van der Waals surface area contributed by atoms with Gasteiger partial charge in [-0.25, -0.2) is 9.97 Å². The molecule has 1 saturated heterocycles. The minimum absolute atomic E-state index is 0.0667. The van der Waals surface area contributed by atoms with Crippen molar-refractivity contribution in [3.05, 3.63) is 18.3 Å². The van der Waals surface area contributed by atoms with Gasteiger partial charge < -0.3 is 10.2 Å². The van der Waals surface area contributed by atoms with Crippen LogP contribution in [0, 0.1) is 5.92 Å². The average molecular weight is 379 g/mol. The molecule has 1 N–H and O–H groups in total. The van der Waals surface area contributed by atoms with Crippen molar-refractivity contribution < 1.29 is 4.79 Å². The second-order valence-electron chi connectivity index (χ2n) is 6.37. The Hall–Kier alpha value is -1.34. The summed E-state index contributed by atoms with van der Waals surface area (Å²) in [6.07, 6.45) is 6.08. The molecule has 0 bridgehead atoms. The normalized spacial score (nSPS) is 17.8. The first-order valence-electron chi connectivity index (χ1n) is 9.10. The van der Waals surface area contributed by atoms with Crippen molar-refractivity contribution in [1.82, 2.24) is 15.3 Å². The number of carbonyl (C=O) groups excluding carboxylic acids is 1. The Bertz CT molecular complexity index is 658. The van der Waals surface area contributed by atoms with Gasteiger partial charge in [-0.3, -0.25) is 4.79 Å². The molecule has 1 amide bonds. The largest absolute Gasteiger partial charge is 0.356 e. The van der Waals surface area contributed by atoms with E-state index in [0.717, 1.165) is 60.1 Å². The Morgan fingerprint density at radius 2 is 2.40 bits per heavy atom. The number of hydrogen-bond acceptors (Lipinski definition) is 6. The van der Waals surface area contributed by atoms with E-state index in [9.17, 15) is 4.79 Å². The Balaban J connectivity index is 1.49. The molecule has 25 heavy (non-hydrogen) atoms. The van der Waals surface area contributed by atoms with E-state index in [0.29, 0.717) is 0 Å². The zero-order chi connectivity index (χ0) is 17.5. The summed E-state index contributed by atoms with van der Waals surface area (Å²) < 4.78 is 0. The molecule has 1 atom stereocenters. The summed E-state index contributed by atoms with van der Waals surface area (Å²) in [5.41, 5.74) is 0.943. The van der Waals surface area contributed by atoms with Gasteiger partial charge in [-0.05, 0) is 49.3 Å². The van der Waals surface area contributed by atoms with Gasteiger partial charge in [0.05, 0.1) is 5.92 Å². The van der Waals surface area contributed by atoms with E-state index in [4.69, 9.17) is 0 Å². The Labute approximate surface area is 157 Å². The quantitative estimate of drug-likeness (QED) is 0.712. The number of piperidine rings is 1. The van der Waals surface area contributed by atoms with E-state index in [-0.39, 0.29) is 11.8 Å².